The number of ether oxygens (including phenoxy) is 1. The monoisotopic (exact) mass is 394 g/mol. The lowest BCUT2D eigenvalue weighted by molar-refractivity contribution is -0.0770. The van der Waals surface area contributed by atoms with E-state index in [9.17, 15) is 9.90 Å². The van der Waals surface area contributed by atoms with E-state index in [0.29, 0.717) is 13.2 Å². The number of hydrogen-bond donors (Lipinski definition) is 1. The molecule has 2 aromatic rings. The number of rotatable bonds is 4. The third-order valence-corrected chi connectivity index (χ3v) is 6.12. The molecule has 2 aromatic carbocycles. The maximum Gasteiger partial charge on any atom is 0.254 e. The van der Waals surface area contributed by atoms with Gasteiger partial charge in [0.05, 0.1) is 24.9 Å². The molecule has 5 heteroatoms. The van der Waals surface area contributed by atoms with Crippen molar-refractivity contribution >= 4 is 5.91 Å². The molecule has 4 rings (SSSR count). The van der Waals surface area contributed by atoms with Crippen LogP contribution in [0.15, 0.2) is 54.6 Å². The van der Waals surface area contributed by atoms with Crippen molar-refractivity contribution in [1.82, 2.24) is 9.80 Å². The van der Waals surface area contributed by atoms with Crippen LogP contribution in [0.3, 0.4) is 0 Å². The van der Waals surface area contributed by atoms with Crippen molar-refractivity contribution in [3.05, 3.63) is 71.3 Å². The van der Waals surface area contributed by atoms with Crippen molar-refractivity contribution in [3.8, 4) is 0 Å². The Morgan fingerprint density at radius 2 is 1.72 bits per heavy atom. The summed E-state index contributed by atoms with van der Waals surface area (Å²) in [5, 5.41) is 9.82. The largest absolute Gasteiger partial charge is 0.393 e. The number of likely N-dealkylation sites (tertiary alicyclic amines) is 1. The molecule has 0 saturated carbocycles. The first-order valence-corrected chi connectivity index (χ1v) is 10.6. The van der Waals surface area contributed by atoms with E-state index in [1.54, 1.807) is 0 Å². The lowest BCUT2D eigenvalue weighted by Gasteiger charge is -2.44. The molecule has 1 N–H and O–H groups in total. The molecule has 1 amide bonds. The van der Waals surface area contributed by atoms with E-state index in [2.05, 4.69) is 17.0 Å². The van der Waals surface area contributed by atoms with Gasteiger partial charge in [-0.1, -0.05) is 48.5 Å². The first kappa shape index (κ1) is 20.1. The smallest absolute Gasteiger partial charge is 0.254 e. The molecule has 0 bridgehead atoms. The van der Waals surface area contributed by atoms with E-state index >= 15 is 0 Å². The van der Waals surface area contributed by atoms with Gasteiger partial charge in [-0.25, -0.2) is 0 Å². The van der Waals surface area contributed by atoms with E-state index in [4.69, 9.17) is 4.74 Å². The average Bonchev–Trinajstić information content (AvgIpc) is 2.76. The molecule has 2 fully saturated rings. The fourth-order valence-corrected chi connectivity index (χ4v) is 4.48. The molecule has 0 spiro atoms. The zero-order chi connectivity index (χ0) is 20.2. The molecule has 2 aliphatic heterocycles. The zero-order valence-corrected chi connectivity index (χ0v) is 17.0. The third-order valence-electron chi connectivity index (χ3n) is 6.12. The SMILES string of the molecule is Cc1ccccc1C(=O)N1CCO[C@@H](CN2CCC(O)CC2)[C@@H]1c1ccccc1. The van der Waals surface area contributed by atoms with Crippen LogP contribution in [-0.4, -0.2) is 65.8 Å². The summed E-state index contributed by atoms with van der Waals surface area (Å²) in [4.78, 5) is 17.9. The second-order valence-corrected chi connectivity index (χ2v) is 8.11. The Labute approximate surface area is 172 Å². The predicted octanol–water partition coefficient (Wildman–Crippen LogP) is 3.03. The normalized spacial score (nSPS) is 23.9. The Balaban J connectivity index is 1.61. The maximum absolute atomic E-state index is 13.5. The lowest BCUT2D eigenvalue weighted by atomic mass is 9.95. The summed E-state index contributed by atoms with van der Waals surface area (Å²) in [6, 6.07) is 17.9. The van der Waals surface area contributed by atoms with Crippen molar-refractivity contribution < 1.29 is 14.6 Å². The van der Waals surface area contributed by atoms with Crippen LogP contribution < -0.4 is 0 Å². The number of morpholine rings is 1. The minimum atomic E-state index is -0.192. The quantitative estimate of drug-likeness (QED) is 0.866. The number of carbonyl (C=O) groups is 1. The second-order valence-electron chi connectivity index (χ2n) is 8.11. The number of benzene rings is 2. The number of amides is 1. The van der Waals surface area contributed by atoms with Crippen LogP contribution in [0, 0.1) is 6.92 Å². The number of aliphatic hydroxyl groups is 1. The highest BCUT2D eigenvalue weighted by molar-refractivity contribution is 5.96. The lowest BCUT2D eigenvalue weighted by Crippen LogP contribution is -2.53. The van der Waals surface area contributed by atoms with E-state index in [-0.39, 0.29) is 24.2 Å². The Bertz CT molecular complexity index is 818. The minimum Gasteiger partial charge on any atom is -0.393 e. The highest BCUT2D eigenvalue weighted by Gasteiger charge is 2.38. The van der Waals surface area contributed by atoms with Gasteiger partial charge in [0.25, 0.3) is 5.91 Å². The fraction of sp³-hybridized carbons (Fsp3) is 0.458. The molecule has 2 heterocycles. The number of hydrogen-bond acceptors (Lipinski definition) is 4. The summed E-state index contributed by atoms with van der Waals surface area (Å²) in [5.74, 6) is 0.0688. The van der Waals surface area contributed by atoms with E-state index in [0.717, 1.165) is 49.2 Å². The minimum absolute atomic E-state index is 0.0688. The molecule has 2 atom stereocenters. The first-order valence-electron chi connectivity index (χ1n) is 10.6. The summed E-state index contributed by atoms with van der Waals surface area (Å²) in [6.07, 6.45) is 1.32. The standard InChI is InChI=1S/C24H30N2O3/c1-18-7-5-6-10-21(18)24(28)26-15-16-29-22(17-25-13-11-20(27)12-14-25)23(26)19-8-3-2-4-9-19/h2-10,20,22-23,27H,11-17H2,1H3/t22-,23-/m0/s1. The number of aliphatic hydroxyl groups excluding tert-OH is 1. The van der Waals surface area contributed by atoms with Crippen molar-refractivity contribution in [3.63, 3.8) is 0 Å². The van der Waals surface area contributed by atoms with Gasteiger partial charge >= 0.3 is 0 Å². The number of aryl methyl sites for hydroxylation is 1. The summed E-state index contributed by atoms with van der Waals surface area (Å²) in [5.41, 5.74) is 2.86. The molecule has 2 saturated heterocycles. The molecule has 0 radical (unpaired) electrons. The Morgan fingerprint density at radius 1 is 1.03 bits per heavy atom. The Kier molecular flexibility index (Phi) is 6.28. The molecule has 154 valence electrons. The number of carbonyl (C=O) groups excluding carboxylic acids is 1. The van der Waals surface area contributed by atoms with Gasteiger partial charge in [0.2, 0.25) is 0 Å². The topological polar surface area (TPSA) is 53.0 Å². The second kappa shape index (κ2) is 9.08. The molecular weight excluding hydrogens is 364 g/mol. The zero-order valence-electron chi connectivity index (χ0n) is 17.0. The molecule has 0 aliphatic carbocycles. The fourth-order valence-electron chi connectivity index (χ4n) is 4.48. The molecule has 2 aliphatic rings. The highest BCUT2D eigenvalue weighted by Crippen LogP contribution is 2.32. The van der Waals surface area contributed by atoms with Crippen molar-refractivity contribution in [2.24, 2.45) is 0 Å². The van der Waals surface area contributed by atoms with Gasteiger partial charge in [-0.3, -0.25) is 4.79 Å². The highest BCUT2D eigenvalue weighted by atomic mass is 16.5. The van der Waals surface area contributed by atoms with Crippen LogP contribution in [0.4, 0.5) is 0 Å². The molecule has 29 heavy (non-hydrogen) atoms. The van der Waals surface area contributed by atoms with E-state index in [1.165, 1.54) is 0 Å². The summed E-state index contributed by atoms with van der Waals surface area (Å²) < 4.78 is 6.22. The van der Waals surface area contributed by atoms with Gasteiger partial charge in [-0.2, -0.15) is 0 Å². The first-order chi connectivity index (χ1) is 14.1. The summed E-state index contributed by atoms with van der Waals surface area (Å²) in [7, 11) is 0. The summed E-state index contributed by atoms with van der Waals surface area (Å²) >= 11 is 0. The molecular formula is C24H30N2O3. The van der Waals surface area contributed by atoms with E-state index in [1.807, 2.05) is 54.3 Å². The van der Waals surface area contributed by atoms with Crippen LogP contribution >= 0.6 is 0 Å². The molecule has 0 aromatic heterocycles. The van der Waals surface area contributed by atoms with Crippen molar-refractivity contribution in [2.45, 2.75) is 38.0 Å². The van der Waals surface area contributed by atoms with Crippen LogP contribution in [0.5, 0.6) is 0 Å². The summed E-state index contributed by atoms with van der Waals surface area (Å²) in [6.45, 7) is 5.62. The van der Waals surface area contributed by atoms with Gasteiger partial charge in [-0.15, -0.1) is 0 Å². The van der Waals surface area contributed by atoms with Crippen molar-refractivity contribution in [1.29, 1.82) is 0 Å². The maximum atomic E-state index is 13.5. The number of piperidine rings is 1. The molecule has 0 unspecified atom stereocenters. The Hall–Kier alpha value is -2.21. The molecule has 5 nitrogen and oxygen atoms in total. The van der Waals surface area contributed by atoms with Gasteiger partial charge in [-0.05, 0) is 37.0 Å². The van der Waals surface area contributed by atoms with Gasteiger partial charge in [0.15, 0.2) is 0 Å². The van der Waals surface area contributed by atoms with Crippen LogP contribution in [-0.2, 0) is 4.74 Å². The van der Waals surface area contributed by atoms with Crippen LogP contribution in [0.2, 0.25) is 0 Å². The van der Waals surface area contributed by atoms with Gasteiger partial charge < -0.3 is 19.6 Å². The average molecular weight is 395 g/mol. The predicted molar refractivity (Wildman–Crippen MR) is 113 cm³/mol. The number of nitrogens with zero attached hydrogens (tertiary/aromatic N) is 2. The van der Waals surface area contributed by atoms with Gasteiger partial charge in [0, 0.05) is 31.7 Å². The third kappa shape index (κ3) is 4.53. The van der Waals surface area contributed by atoms with Crippen molar-refractivity contribution in [2.75, 3.05) is 32.8 Å². The van der Waals surface area contributed by atoms with E-state index < -0.39 is 0 Å². The van der Waals surface area contributed by atoms with Gasteiger partial charge in [0.1, 0.15) is 0 Å². The van der Waals surface area contributed by atoms with Crippen LogP contribution in [0.25, 0.3) is 0 Å². The Morgan fingerprint density at radius 3 is 2.45 bits per heavy atom. The van der Waals surface area contributed by atoms with Crippen LogP contribution in [0.1, 0.15) is 40.4 Å².